The highest BCUT2D eigenvalue weighted by Crippen LogP contribution is 2.48. The minimum absolute atomic E-state index is 0.482. The van der Waals surface area contributed by atoms with Crippen molar-refractivity contribution in [2.45, 2.75) is 32.7 Å². The van der Waals surface area contributed by atoms with E-state index in [0.29, 0.717) is 11.5 Å². The van der Waals surface area contributed by atoms with Crippen molar-refractivity contribution in [2.75, 3.05) is 24.3 Å². The molecule has 1 aliphatic rings. The first-order valence-electron chi connectivity index (χ1n) is 5.91. The van der Waals surface area contributed by atoms with Gasteiger partial charge in [-0.1, -0.05) is 6.92 Å². The molecule has 1 N–H and O–H groups in total. The summed E-state index contributed by atoms with van der Waals surface area (Å²) in [4.78, 5) is 6.46. The number of aromatic nitrogens is 1. The number of nitrogens with zero attached hydrogens (tertiary/aromatic N) is 2. The van der Waals surface area contributed by atoms with Gasteiger partial charge in [0.05, 0.1) is 0 Å². The highest BCUT2D eigenvalue weighted by molar-refractivity contribution is 5.53. The van der Waals surface area contributed by atoms with Crippen molar-refractivity contribution in [2.24, 2.45) is 5.41 Å². The standard InChI is InChI=1S/C13H21N3/c1-10(13(2)6-7-13)15-12-9-11(16(3)4)5-8-14-12/h5,8-10H,6-7H2,1-4H3,(H,14,15). The van der Waals surface area contributed by atoms with E-state index >= 15 is 0 Å². The summed E-state index contributed by atoms with van der Waals surface area (Å²) in [5.41, 5.74) is 1.67. The average molecular weight is 219 g/mol. The molecular formula is C13H21N3. The fourth-order valence-corrected chi connectivity index (χ4v) is 1.80. The van der Waals surface area contributed by atoms with Gasteiger partial charge in [-0.05, 0) is 31.2 Å². The molecule has 0 bridgehead atoms. The van der Waals surface area contributed by atoms with Crippen LogP contribution in [0.2, 0.25) is 0 Å². The molecule has 2 rings (SSSR count). The topological polar surface area (TPSA) is 28.2 Å². The lowest BCUT2D eigenvalue weighted by Gasteiger charge is -2.22. The summed E-state index contributed by atoms with van der Waals surface area (Å²) in [6.45, 7) is 4.58. The third-order valence-electron chi connectivity index (χ3n) is 3.71. The van der Waals surface area contributed by atoms with Crippen LogP contribution >= 0.6 is 0 Å². The Bertz CT molecular complexity index is 369. The van der Waals surface area contributed by atoms with Crippen molar-refractivity contribution in [3.05, 3.63) is 18.3 Å². The molecule has 0 aromatic carbocycles. The minimum Gasteiger partial charge on any atom is -0.378 e. The minimum atomic E-state index is 0.482. The lowest BCUT2D eigenvalue weighted by Crippen LogP contribution is -2.25. The van der Waals surface area contributed by atoms with E-state index in [1.165, 1.54) is 18.5 Å². The van der Waals surface area contributed by atoms with E-state index in [0.717, 1.165) is 5.82 Å². The quantitative estimate of drug-likeness (QED) is 0.844. The molecule has 0 radical (unpaired) electrons. The number of hydrogen-bond acceptors (Lipinski definition) is 3. The second kappa shape index (κ2) is 3.96. The van der Waals surface area contributed by atoms with Gasteiger partial charge in [0.25, 0.3) is 0 Å². The molecule has 16 heavy (non-hydrogen) atoms. The highest BCUT2D eigenvalue weighted by atomic mass is 15.1. The van der Waals surface area contributed by atoms with Crippen LogP contribution in [-0.4, -0.2) is 25.1 Å². The molecule has 1 aliphatic carbocycles. The Labute approximate surface area is 97.9 Å². The fourth-order valence-electron chi connectivity index (χ4n) is 1.80. The average Bonchev–Trinajstić information content (AvgIpc) is 2.98. The van der Waals surface area contributed by atoms with E-state index < -0.39 is 0 Å². The maximum atomic E-state index is 4.37. The summed E-state index contributed by atoms with van der Waals surface area (Å²) in [6.07, 6.45) is 4.52. The van der Waals surface area contributed by atoms with E-state index in [1.807, 2.05) is 26.4 Å². The molecular weight excluding hydrogens is 198 g/mol. The van der Waals surface area contributed by atoms with Gasteiger partial charge in [-0.15, -0.1) is 0 Å². The summed E-state index contributed by atoms with van der Waals surface area (Å²) >= 11 is 0. The Morgan fingerprint density at radius 2 is 2.12 bits per heavy atom. The number of pyridine rings is 1. The Balaban J connectivity index is 2.06. The molecule has 1 aromatic heterocycles. The Hall–Kier alpha value is -1.25. The van der Waals surface area contributed by atoms with Crippen molar-refractivity contribution >= 4 is 11.5 Å². The van der Waals surface area contributed by atoms with E-state index in [2.05, 4.69) is 35.1 Å². The summed E-state index contributed by atoms with van der Waals surface area (Å²) in [7, 11) is 4.09. The Kier molecular flexibility index (Phi) is 2.78. The van der Waals surface area contributed by atoms with Gasteiger partial charge in [0.1, 0.15) is 5.82 Å². The van der Waals surface area contributed by atoms with Crippen LogP contribution in [0.15, 0.2) is 18.3 Å². The number of anilines is 2. The number of rotatable bonds is 4. The molecule has 0 saturated heterocycles. The monoisotopic (exact) mass is 219 g/mol. The van der Waals surface area contributed by atoms with Crippen LogP contribution in [0.3, 0.4) is 0 Å². The van der Waals surface area contributed by atoms with E-state index in [1.54, 1.807) is 0 Å². The second-order valence-electron chi connectivity index (χ2n) is 5.31. The predicted octanol–water partition coefficient (Wildman–Crippen LogP) is 2.75. The fraction of sp³-hybridized carbons (Fsp3) is 0.615. The van der Waals surface area contributed by atoms with Gasteiger partial charge >= 0.3 is 0 Å². The van der Waals surface area contributed by atoms with Gasteiger partial charge in [-0.25, -0.2) is 4.98 Å². The largest absolute Gasteiger partial charge is 0.378 e. The molecule has 1 fully saturated rings. The number of hydrogen-bond donors (Lipinski definition) is 1. The van der Waals surface area contributed by atoms with Crippen LogP contribution in [0, 0.1) is 5.41 Å². The molecule has 0 amide bonds. The van der Waals surface area contributed by atoms with Gasteiger partial charge in [0.2, 0.25) is 0 Å². The van der Waals surface area contributed by atoms with Crippen molar-refractivity contribution in [3.63, 3.8) is 0 Å². The van der Waals surface area contributed by atoms with Gasteiger partial charge in [-0.2, -0.15) is 0 Å². The van der Waals surface area contributed by atoms with Crippen LogP contribution < -0.4 is 10.2 Å². The molecule has 1 aromatic rings. The van der Waals surface area contributed by atoms with Crippen LogP contribution in [0.1, 0.15) is 26.7 Å². The first kappa shape index (κ1) is 11.2. The SMILES string of the molecule is CC(Nc1cc(N(C)C)ccn1)C1(C)CC1. The normalized spacial score (nSPS) is 19.0. The maximum absolute atomic E-state index is 4.37. The van der Waals surface area contributed by atoms with E-state index in [-0.39, 0.29) is 0 Å². The lowest BCUT2D eigenvalue weighted by atomic mass is 10.0. The summed E-state index contributed by atoms with van der Waals surface area (Å²) in [6, 6.07) is 4.62. The van der Waals surface area contributed by atoms with Crippen molar-refractivity contribution in [3.8, 4) is 0 Å². The highest BCUT2D eigenvalue weighted by Gasteiger charge is 2.42. The molecule has 1 heterocycles. The molecule has 0 aliphatic heterocycles. The summed E-state index contributed by atoms with van der Waals surface area (Å²) in [5, 5.41) is 3.50. The first-order valence-corrected chi connectivity index (χ1v) is 5.91. The van der Waals surface area contributed by atoms with Crippen LogP contribution in [0.4, 0.5) is 11.5 Å². The molecule has 1 saturated carbocycles. The number of nitrogens with one attached hydrogen (secondary N) is 1. The van der Waals surface area contributed by atoms with Crippen LogP contribution in [0.5, 0.6) is 0 Å². The first-order chi connectivity index (χ1) is 7.51. The van der Waals surface area contributed by atoms with Crippen molar-refractivity contribution in [1.82, 2.24) is 4.98 Å². The van der Waals surface area contributed by atoms with Gasteiger partial charge < -0.3 is 10.2 Å². The van der Waals surface area contributed by atoms with Crippen molar-refractivity contribution in [1.29, 1.82) is 0 Å². The summed E-state index contributed by atoms with van der Waals surface area (Å²) in [5.74, 6) is 0.979. The van der Waals surface area contributed by atoms with E-state index in [4.69, 9.17) is 0 Å². The molecule has 88 valence electrons. The molecule has 3 heteroatoms. The Morgan fingerprint density at radius 3 is 2.69 bits per heavy atom. The zero-order valence-electron chi connectivity index (χ0n) is 10.6. The van der Waals surface area contributed by atoms with Gasteiger partial charge in [0.15, 0.2) is 0 Å². The summed E-state index contributed by atoms with van der Waals surface area (Å²) < 4.78 is 0. The second-order valence-corrected chi connectivity index (χ2v) is 5.31. The third kappa shape index (κ3) is 2.29. The third-order valence-corrected chi connectivity index (χ3v) is 3.71. The predicted molar refractivity (Wildman–Crippen MR) is 69.0 cm³/mol. The maximum Gasteiger partial charge on any atom is 0.128 e. The zero-order chi connectivity index (χ0) is 11.8. The van der Waals surface area contributed by atoms with Crippen molar-refractivity contribution < 1.29 is 0 Å². The molecule has 3 nitrogen and oxygen atoms in total. The molecule has 0 spiro atoms. The smallest absolute Gasteiger partial charge is 0.128 e. The van der Waals surface area contributed by atoms with Crippen LogP contribution in [-0.2, 0) is 0 Å². The zero-order valence-corrected chi connectivity index (χ0v) is 10.6. The van der Waals surface area contributed by atoms with E-state index in [9.17, 15) is 0 Å². The molecule has 1 atom stereocenters. The van der Waals surface area contributed by atoms with Gasteiger partial charge in [0, 0.05) is 38.1 Å². The van der Waals surface area contributed by atoms with Crippen LogP contribution in [0.25, 0.3) is 0 Å². The Morgan fingerprint density at radius 1 is 1.44 bits per heavy atom. The lowest BCUT2D eigenvalue weighted by molar-refractivity contribution is 0.492. The molecule has 1 unspecified atom stereocenters. The van der Waals surface area contributed by atoms with Gasteiger partial charge in [-0.3, -0.25) is 0 Å².